The van der Waals surface area contributed by atoms with Crippen molar-refractivity contribution in [3.63, 3.8) is 0 Å². The Morgan fingerprint density at radius 1 is 1.09 bits per heavy atom. The molecule has 0 radical (unpaired) electrons. The number of ketones is 2. The summed E-state index contributed by atoms with van der Waals surface area (Å²) in [4.78, 5) is 25.0. The Balaban J connectivity index is 1.92. The van der Waals surface area contributed by atoms with E-state index in [1.165, 1.54) is 17.7 Å². The van der Waals surface area contributed by atoms with E-state index in [2.05, 4.69) is 19.9 Å². The average Bonchev–Trinajstić information content (AvgIpc) is 3.08. The lowest BCUT2D eigenvalue weighted by Crippen LogP contribution is -2.29. The fourth-order valence-electron chi connectivity index (χ4n) is 4.83. The van der Waals surface area contributed by atoms with Crippen molar-refractivity contribution in [2.45, 2.75) is 57.3 Å². The van der Waals surface area contributed by atoms with Crippen LogP contribution in [0.3, 0.4) is 0 Å². The molecule has 6 nitrogen and oxygen atoms in total. The maximum atomic E-state index is 12.7. The van der Waals surface area contributed by atoms with Gasteiger partial charge in [-0.15, -0.1) is 0 Å². The zero-order valence-corrected chi connectivity index (χ0v) is 20.1. The number of rotatable bonds is 5. The molecule has 0 spiro atoms. The number of carbonyl (C=O) groups is 2. The predicted octanol–water partition coefficient (Wildman–Crippen LogP) is 4.49. The quantitative estimate of drug-likeness (QED) is 0.563. The van der Waals surface area contributed by atoms with Crippen LogP contribution in [0.1, 0.15) is 60.8 Å². The molecule has 1 aliphatic carbocycles. The number of carbonyl (C=O) groups excluding carboxylic acids is 2. The number of hydrogen-bond acceptors (Lipinski definition) is 4. The molecule has 0 bridgehead atoms. The standard InChI is InChI=1S/C26H28N2O4S/c1-5-25(30)22-14-24(17-6-11-23-18(12-17)13-20(29)15-26(23,3)4)28(16(22)2)19-7-9-21(10-8-19)33(27,31)32/h6-12,14H,5,13,15H2,1-4H3,(H2,27,31,32). The predicted molar refractivity (Wildman–Crippen MR) is 128 cm³/mol. The Morgan fingerprint density at radius 2 is 1.76 bits per heavy atom. The van der Waals surface area contributed by atoms with Gasteiger partial charge in [-0.2, -0.15) is 0 Å². The maximum absolute atomic E-state index is 12.7. The Hall–Kier alpha value is -3.03. The van der Waals surface area contributed by atoms with E-state index in [0.717, 1.165) is 28.2 Å². The third-order valence-corrected chi connectivity index (χ3v) is 7.38. The van der Waals surface area contributed by atoms with Gasteiger partial charge in [0.15, 0.2) is 5.78 Å². The van der Waals surface area contributed by atoms with Crippen molar-refractivity contribution in [1.29, 1.82) is 0 Å². The third kappa shape index (κ3) is 4.18. The van der Waals surface area contributed by atoms with Gasteiger partial charge in [0.1, 0.15) is 5.78 Å². The lowest BCUT2D eigenvalue weighted by Gasteiger charge is -2.32. The summed E-state index contributed by atoms with van der Waals surface area (Å²) in [5.41, 5.74) is 5.79. The topological polar surface area (TPSA) is 99.2 Å². The normalized spacial score (nSPS) is 15.4. The van der Waals surface area contributed by atoms with Gasteiger partial charge in [-0.05, 0) is 65.4 Å². The van der Waals surface area contributed by atoms with E-state index in [1.54, 1.807) is 12.1 Å². The zero-order valence-electron chi connectivity index (χ0n) is 19.3. The number of benzene rings is 2. The Bertz CT molecular complexity index is 1380. The molecule has 7 heteroatoms. The SMILES string of the molecule is CCC(=O)c1cc(-c2ccc3c(c2)CC(=O)CC3(C)C)n(-c2ccc(S(N)(=O)=O)cc2)c1C. The molecule has 172 valence electrons. The molecule has 2 aromatic carbocycles. The first kappa shape index (κ1) is 23.1. The Labute approximate surface area is 194 Å². The fraction of sp³-hybridized carbons (Fsp3) is 0.308. The number of primary sulfonamides is 1. The zero-order chi connectivity index (χ0) is 24.1. The average molecular weight is 465 g/mol. The second-order valence-electron chi connectivity index (χ2n) is 9.33. The van der Waals surface area contributed by atoms with Crippen molar-refractivity contribution in [2.24, 2.45) is 5.14 Å². The second-order valence-corrected chi connectivity index (χ2v) is 10.9. The summed E-state index contributed by atoms with van der Waals surface area (Å²) in [6.45, 7) is 7.87. The van der Waals surface area contributed by atoms with Gasteiger partial charge in [0.2, 0.25) is 10.0 Å². The maximum Gasteiger partial charge on any atom is 0.238 e. The molecule has 1 aliphatic rings. The highest BCUT2D eigenvalue weighted by Crippen LogP contribution is 2.38. The summed E-state index contributed by atoms with van der Waals surface area (Å²) in [5, 5.41) is 5.25. The molecular weight excluding hydrogens is 436 g/mol. The summed E-state index contributed by atoms with van der Waals surface area (Å²) >= 11 is 0. The van der Waals surface area contributed by atoms with Gasteiger partial charge >= 0.3 is 0 Å². The highest BCUT2D eigenvalue weighted by molar-refractivity contribution is 7.89. The number of nitrogens with two attached hydrogens (primary N) is 1. The van der Waals surface area contributed by atoms with Crippen molar-refractivity contribution in [3.8, 4) is 16.9 Å². The lowest BCUT2D eigenvalue weighted by atomic mass is 9.72. The van der Waals surface area contributed by atoms with Crippen LogP contribution in [0, 0.1) is 6.92 Å². The van der Waals surface area contributed by atoms with E-state index in [1.807, 2.05) is 36.6 Å². The van der Waals surface area contributed by atoms with Gasteiger partial charge in [0, 0.05) is 36.2 Å². The number of hydrogen-bond donors (Lipinski definition) is 1. The van der Waals surface area contributed by atoms with E-state index >= 15 is 0 Å². The molecule has 0 amide bonds. The van der Waals surface area contributed by atoms with E-state index in [9.17, 15) is 18.0 Å². The summed E-state index contributed by atoms with van der Waals surface area (Å²) in [7, 11) is -3.81. The van der Waals surface area contributed by atoms with E-state index in [0.29, 0.717) is 24.8 Å². The highest BCUT2D eigenvalue weighted by atomic mass is 32.2. The minimum absolute atomic E-state index is 0.0250. The first-order chi connectivity index (χ1) is 15.4. The largest absolute Gasteiger partial charge is 0.313 e. The minimum atomic E-state index is -3.81. The van der Waals surface area contributed by atoms with Crippen LogP contribution in [0.2, 0.25) is 0 Å². The van der Waals surface area contributed by atoms with Gasteiger partial charge < -0.3 is 4.57 Å². The monoisotopic (exact) mass is 464 g/mol. The number of sulfonamides is 1. The number of aromatic nitrogens is 1. The molecule has 4 rings (SSSR count). The molecule has 1 aromatic heterocycles. The molecule has 0 aliphatic heterocycles. The first-order valence-electron chi connectivity index (χ1n) is 11.0. The van der Waals surface area contributed by atoms with Gasteiger partial charge in [0.25, 0.3) is 0 Å². The molecular formula is C26H28N2O4S. The fourth-order valence-corrected chi connectivity index (χ4v) is 5.35. The summed E-state index contributed by atoms with van der Waals surface area (Å²) < 4.78 is 25.3. The molecule has 3 aromatic rings. The lowest BCUT2D eigenvalue weighted by molar-refractivity contribution is -0.120. The molecule has 33 heavy (non-hydrogen) atoms. The molecule has 0 unspecified atom stereocenters. The molecule has 0 fully saturated rings. The molecule has 0 atom stereocenters. The van der Waals surface area contributed by atoms with Crippen LogP contribution in [-0.4, -0.2) is 24.6 Å². The summed E-state index contributed by atoms with van der Waals surface area (Å²) in [6.07, 6.45) is 1.30. The van der Waals surface area contributed by atoms with Crippen LogP contribution in [0.15, 0.2) is 53.4 Å². The van der Waals surface area contributed by atoms with E-state index in [-0.39, 0.29) is 21.9 Å². The molecule has 0 saturated heterocycles. The van der Waals surface area contributed by atoms with Crippen LogP contribution in [-0.2, 0) is 26.7 Å². The Morgan fingerprint density at radius 3 is 2.36 bits per heavy atom. The summed E-state index contributed by atoms with van der Waals surface area (Å²) in [6, 6.07) is 14.3. The van der Waals surface area contributed by atoms with Gasteiger partial charge in [-0.25, -0.2) is 13.6 Å². The Kier molecular flexibility index (Phi) is 5.66. The molecule has 0 saturated carbocycles. The number of fused-ring (bicyclic) bond motifs is 1. The van der Waals surface area contributed by atoms with Gasteiger partial charge in [-0.1, -0.05) is 32.9 Å². The van der Waals surface area contributed by atoms with Crippen LogP contribution in [0.4, 0.5) is 0 Å². The minimum Gasteiger partial charge on any atom is -0.313 e. The van der Waals surface area contributed by atoms with Gasteiger partial charge in [0.05, 0.1) is 10.6 Å². The number of nitrogens with zero attached hydrogens (tertiary/aromatic N) is 1. The van der Waals surface area contributed by atoms with Crippen molar-refractivity contribution >= 4 is 21.6 Å². The molecule has 2 N–H and O–H groups in total. The van der Waals surface area contributed by atoms with Gasteiger partial charge in [-0.3, -0.25) is 9.59 Å². The van der Waals surface area contributed by atoms with E-state index < -0.39 is 10.0 Å². The van der Waals surface area contributed by atoms with Crippen molar-refractivity contribution < 1.29 is 18.0 Å². The summed E-state index contributed by atoms with van der Waals surface area (Å²) in [5.74, 6) is 0.250. The second kappa shape index (κ2) is 8.08. The van der Waals surface area contributed by atoms with E-state index in [4.69, 9.17) is 5.14 Å². The highest BCUT2D eigenvalue weighted by Gasteiger charge is 2.32. The van der Waals surface area contributed by atoms with Crippen LogP contribution in [0.25, 0.3) is 16.9 Å². The molecule has 1 heterocycles. The first-order valence-corrected chi connectivity index (χ1v) is 12.5. The van der Waals surface area contributed by atoms with Crippen LogP contribution >= 0.6 is 0 Å². The third-order valence-electron chi connectivity index (χ3n) is 6.45. The number of Topliss-reactive ketones (excluding diaryl/α,β-unsaturated/α-hetero) is 2. The van der Waals surface area contributed by atoms with Crippen LogP contribution in [0.5, 0.6) is 0 Å². The van der Waals surface area contributed by atoms with Crippen molar-refractivity contribution in [3.05, 3.63) is 70.9 Å². The van der Waals surface area contributed by atoms with Crippen LogP contribution < -0.4 is 5.14 Å². The smallest absolute Gasteiger partial charge is 0.238 e. The van der Waals surface area contributed by atoms with Crippen molar-refractivity contribution in [2.75, 3.05) is 0 Å². The van der Waals surface area contributed by atoms with Crippen molar-refractivity contribution in [1.82, 2.24) is 4.57 Å².